The molecule has 0 aliphatic carbocycles. The predicted octanol–water partition coefficient (Wildman–Crippen LogP) is 0.337. The van der Waals surface area contributed by atoms with Crippen LogP contribution in [0.25, 0.3) is 0 Å². The van der Waals surface area contributed by atoms with E-state index in [1.165, 1.54) is 4.31 Å². The van der Waals surface area contributed by atoms with E-state index in [-0.39, 0.29) is 54.8 Å². The number of nitrogens with zero attached hydrogens (tertiary/aromatic N) is 1. The molecule has 0 bridgehead atoms. The fourth-order valence-corrected chi connectivity index (χ4v) is 4.69. The van der Waals surface area contributed by atoms with Gasteiger partial charge in [0.15, 0.2) is 0 Å². The van der Waals surface area contributed by atoms with Gasteiger partial charge in [0.05, 0.1) is 11.5 Å². The zero-order valence-electron chi connectivity index (χ0n) is 16.3. The van der Waals surface area contributed by atoms with Crippen LogP contribution >= 0.6 is 0 Å². The summed E-state index contributed by atoms with van der Waals surface area (Å²) < 4.78 is 26.7. The van der Waals surface area contributed by atoms with Gasteiger partial charge in [-0.2, -0.15) is 4.31 Å². The number of sulfonamides is 1. The quantitative estimate of drug-likeness (QED) is 0.570. The van der Waals surface area contributed by atoms with Crippen molar-refractivity contribution in [3.63, 3.8) is 0 Å². The Kier molecular flexibility index (Phi) is 7.97. The van der Waals surface area contributed by atoms with Crippen LogP contribution in [-0.4, -0.2) is 61.9 Å². The Hall–Kier alpha value is -1.97. The summed E-state index contributed by atoms with van der Waals surface area (Å²) in [5, 5.41) is 14.2. The van der Waals surface area contributed by atoms with E-state index in [1.54, 1.807) is 30.3 Å². The van der Waals surface area contributed by atoms with E-state index in [1.807, 2.05) is 13.8 Å². The molecule has 1 atom stereocenters. The molecule has 1 unspecified atom stereocenters. The predicted molar refractivity (Wildman–Crippen MR) is 105 cm³/mol. The molecule has 1 saturated heterocycles. The minimum atomic E-state index is -3.56. The van der Waals surface area contributed by atoms with Gasteiger partial charge < -0.3 is 15.7 Å². The van der Waals surface area contributed by atoms with Crippen molar-refractivity contribution >= 4 is 21.8 Å². The highest BCUT2D eigenvalue weighted by molar-refractivity contribution is 7.89. The van der Waals surface area contributed by atoms with Crippen LogP contribution in [0.3, 0.4) is 0 Å². The summed E-state index contributed by atoms with van der Waals surface area (Å²) in [7, 11) is -3.56. The zero-order chi connectivity index (χ0) is 20.7. The first-order valence-electron chi connectivity index (χ1n) is 9.51. The first kappa shape index (κ1) is 22.3. The molecule has 1 aliphatic rings. The lowest BCUT2D eigenvalue weighted by atomic mass is 9.95. The summed E-state index contributed by atoms with van der Waals surface area (Å²) in [6, 6.07) is 7.56. The highest BCUT2D eigenvalue weighted by Crippen LogP contribution is 2.24. The number of hydrogen-bond donors (Lipinski definition) is 3. The van der Waals surface area contributed by atoms with Crippen molar-refractivity contribution in [1.29, 1.82) is 0 Å². The van der Waals surface area contributed by atoms with E-state index < -0.39 is 16.1 Å². The molecule has 8 nitrogen and oxygen atoms in total. The maximum atomic E-state index is 12.7. The summed E-state index contributed by atoms with van der Waals surface area (Å²) in [6.07, 6.45) is 0.807. The van der Waals surface area contributed by atoms with Crippen molar-refractivity contribution in [1.82, 2.24) is 14.9 Å². The molecule has 3 N–H and O–H groups in total. The molecule has 1 fully saturated rings. The molecular weight excluding hydrogens is 382 g/mol. The van der Waals surface area contributed by atoms with Crippen LogP contribution in [0.5, 0.6) is 0 Å². The summed E-state index contributed by atoms with van der Waals surface area (Å²) >= 11 is 0. The third kappa shape index (κ3) is 5.52. The highest BCUT2D eigenvalue weighted by atomic mass is 32.2. The number of hydrogen-bond acceptors (Lipinski definition) is 5. The molecule has 1 aromatic carbocycles. The fraction of sp³-hybridized carbons (Fsp3) is 0.579. The second-order valence-electron chi connectivity index (χ2n) is 7.24. The van der Waals surface area contributed by atoms with E-state index in [2.05, 4.69) is 10.6 Å². The van der Waals surface area contributed by atoms with E-state index in [9.17, 15) is 18.0 Å². The van der Waals surface area contributed by atoms with E-state index >= 15 is 0 Å². The monoisotopic (exact) mass is 411 g/mol. The normalized spacial score (nSPS) is 17.3. The van der Waals surface area contributed by atoms with Crippen LogP contribution in [-0.2, 0) is 19.6 Å². The van der Waals surface area contributed by atoms with Gasteiger partial charge >= 0.3 is 0 Å². The largest absolute Gasteiger partial charge is 0.395 e. The SMILES string of the molecule is CC(C)C(NC(=O)C1CCN(S(=O)(=O)c2ccccc2)CC1)C(=O)NCCO. The third-order valence-corrected chi connectivity index (χ3v) is 6.78. The lowest BCUT2D eigenvalue weighted by Crippen LogP contribution is -2.52. The molecule has 0 saturated carbocycles. The van der Waals surface area contributed by atoms with Crippen LogP contribution in [0.4, 0.5) is 0 Å². The Morgan fingerprint density at radius 2 is 1.79 bits per heavy atom. The number of aliphatic hydroxyl groups is 1. The van der Waals surface area contributed by atoms with Gasteiger partial charge in [-0.3, -0.25) is 9.59 Å². The van der Waals surface area contributed by atoms with Gasteiger partial charge in [0.2, 0.25) is 21.8 Å². The van der Waals surface area contributed by atoms with Gasteiger partial charge in [0.25, 0.3) is 0 Å². The topological polar surface area (TPSA) is 116 Å². The van der Waals surface area contributed by atoms with E-state index in [0.717, 1.165) is 0 Å². The fourth-order valence-electron chi connectivity index (χ4n) is 3.20. The first-order chi connectivity index (χ1) is 13.3. The van der Waals surface area contributed by atoms with E-state index in [4.69, 9.17) is 5.11 Å². The maximum Gasteiger partial charge on any atom is 0.243 e. The van der Waals surface area contributed by atoms with Gasteiger partial charge in [0.1, 0.15) is 6.04 Å². The van der Waals surface area contributed by atoms with Gasteiger partial charge in [-0.15, -0.1) is 0 Å². The molecule has 0 aromatic heterocycles. The lowest BCUT2D eigenvalue weighted by molar-refractivity contribution is -0.132. The van der Waals surface area contributed by atoms with Crippen molar-refractivity contribution in [2.45, 2.75) is 37.6 Å². The van der Waals surface area contributed by atoms with Crippen molar-refractivity contribution in [3.05, 3.63) is 30.3 Å². The number of carbonyl (C=O) groups is 2. The number of aliphatic hydroxyl groups excluding tert-OH is 1. The molecule has 156 valence electrons. The number of benzene rings is 1. The summed E-state index contributed by atoms with van der Waals surface area (Å²) in [5.74, 6) is -1.02. The number of carbonyl (C=O) groups excluding carboxylic acids is 2. The van der Waals surface area contributed by atoms with Gasteiger partial charge in [-0.1, -0.05) is 32.0 Å². The van der Waals surface area contributed by atoms with Crippen LogP contribution in [0.15, 0.2) is 35.2 Å². The van der Waals surface area contributed by atoms with Crippen LogP contribution in [0.1, 0.15) is 26.7 Å². The molecule has 2 rings (SSSR count). The molecule has 9 heteroatoms. The molecule has 0 spiro atoms. The van der Waals surface area contributed by atoms with Crippen molar-refractivity contribution in [2.24, 2.45) is 11.8 Å². The molecule has 28 heavy (non-hydrogen) atoms. The summed E-state index contributed by atoms with van der Waals surface area (Å²) in [6.45, 7) is 4.15. The molecule has 1 aliphatic heterocycles. The smallest absolute Gasteiger partial charge is 0.243 e. The highest BCUT2D eigenvalue weighted by Gasteiger charge is 2.34. The number of rotatable bonds is 8. The Balaban J connectivity index is 1.95. The molecule has 2 amide bonds. The number of piperidine rings is 1. The third-order valence-electron chi connectivity index (χ3n) is 4.86. The molecule has 1 aromatic rings. The van der Waals surface area contributed by atoms with Crippen LogP contribution < -0.4 is 10.6 Å². The minimum absolute atomic E-state index is 0.110. The molecular formula is C19H29N3O5S. The average Bonchev–Trinajstić information content (AvgIpc) is 2.70. The van der Waals surface area contributed by atoms with Gasteiger partial charge in [0, 0.05) is 25.6 Å². The first-order valence-corrected chi connectivity index (χ1v) is 11.0. The number of nitrogens with one attached hydrogen (secondary N) is 2. The van der Waals surface area contributed by atoms with Gasteiger partial charge in [-0.25, -0.2) is 8.42 Å². The van der Waals surface area contributed by atoms with Crippen LogP contribution in [0.2, 0.25) is 0 Å². The molecule has 1 heterocycles. The van der Waals surface area contributed by atoms with Crippen molar-refractivity contribution < 1.29 is 23.1 Å². The Bertz CT molecular complexity index is 759. The summed E-state index contributed by atoms with van der Waals surface area (Å²) in [4.78, 5) is 25.0. The minimum Gasteiger partial charge on any atom is -0.395 e. The standard InChI is InChI=1S/C19H29N3O5S/c1-14(2)17(19(25)20-10-13-23)21-18(24)15-8-11-22(12-9-15)28(26,27)16-6-4-3-5-7-16/h3-7,14-15,17,23H,8-13H2,1-2H3,(H,20,25)(H,21,24). The number of amides is 2. The Labute approximate surface area is 166 Å². The average molecular weight is 412 g/mol. The van der Waals surface area contributed by atoms with Crippen LogP contribution in [0, 0.1) is 11.8 Å². The maximum absolute atomic E-state index is 12.7. The second-order valence-corrected chi connectivity index (χ2v) is 9.17. The Morgan fingerprint density at radius 1 is 1.18 bits per heavy atom. The van der Waals surface area contributed by atoms with Gasteiger partial charge in [-0.05, 0) is 30.9 Å². The van der Waals surface area contributed by atoms with Crippen molar-refractivity contribution in [2.75, 3.05) is 26.2 Å². The molecule has 0 radical (unpaired) electrons. The zero-order valence-corrected chi connectivity index (χ0v) is 17.1. The Morgan fingerprint density at radius 3 is 2.32 bits per heavy atom. The van der Waals surface area contributed by atoms with Crippen molar-refractivity contribution in [3.8, 4) is 0 Å². The lowest BCUT2D eigenvalue weighted by Gasteiger charge is -2.32. The second kappa shape index (κ2) is 9.99. The summed E-state index contributed by atoms with van der Waals surface area (Å²) in [5.41, 5.74) is 0. The van der Waals surface area contributed by atoms with E-state index in [0.29, 0.717) is 12.8 Å².